The maximum Gasteiger partial charge on any atom is 0.160 e. The van der Waals surface area contributed by atoms with Crippen molar-refractivity contribution in [1.82, 2.24) is 9.97 Å². The Labute approximate surface area is 307 Å². The lowest BCUT2D eigenvalue weighted by Gasteiger charge is -2.14. The first-order valence-electron chi connectivity index (χ1n) is 17.9. The second kappa shape index (κ2) is 12.9. The first-order valence-corrected chi connectivity index (χ1v) is 17.9. The van der Waals surface area contributed by atoms with E-state index in [0.717, 1.165) is 72.3 Å². The highest BCUT2D eigenvalue weighted by Crippen LogP contribution is 2.40. The monoisotopic (exact) mass is 676 g/mol. The van der Waals surface area contributed by atoms with Crippen LogP contribution in [0.25, 0.3) is 100.0 Å². The SMILES string of the molecule is c1ccc(-c2cc(-c3cc(-c4ccc(-c5ccc6ccccc6c5)cc4)cc(-c4cccc5oc6ccccc6c45)c3)nc(-c3ccccc3)n2)cc1. The van der Waals surface area contributed by atoms with Gasteiger partial charge in [-0.25, -0.2) is 9.97 Å². The van der Waals surface area contributed by atoms with Crippen molar-refractivity contribution in [2.75, 3.05) is 0 Å². The molecule has 0 bridgehead atoms. The van der Waals surface area contributed by atoms with Crippen molar-refractivity contribution in [1.29, 1.82) is 0 Å². The first kappa shape index (κ1) is 30.7. The van der Waals surface area contributed by atoms with E-state index < -0.39 is 0 Å². The van der Waals surface area contributed by atoms with Crippen molar-refractivity contribution >= 4 is 32.7 Å². The van der Waals surface area contributed by atoms with Gasteiger partial charge in [-0.1, -0.05) is 152 Å². The molecule has 0 aliphatic heterocycles. The Morgan fingerprint density at radius 1 is 0.321 bits per heavy atom. The summed E-state index contributed by atoms with van der Waals surface area (Å²) in [6, 6.07) is 68.2. The van der Waals surface area contributed by atoms with Gasteiger partial charge in [-0.3, -0.25) is 0 Å². The standard InChI is InChI=1S/C50H32N2O/c1-3-13-36(14-4-1)45-32-46(52-50(51-45)37-15-5-2-6-16-37)42-30-40(35-24-22-34(23-25-35)39-27-26-33-12-7-8-17-38(33)28-39)29-41(31-42)43-19-11-21-48-49(43)44-18-9-10-20-47(44)53-48/h1-32H. The van der Waals surface area contributed by atoms with E-state index in [1.807, 2.05) is 36.4 Å². The summed E-state index contributed by atoms with van der Waals surface area (Å²) in [5, 5.41) is 4.69. The lowest BCUT2D eigenvalue weighted by molar-refractivity contribution is 0.669. The molecule has 248 valence electrons. The number of hydrogen-bond acceptors (Lipinski definition) is 3. The molecule has 0 spiro atoms. The summed E-state index contributed by atoms with van der Waals surface area (Å²) < 4.78 is 6.34. The third kappa shape index (κ3) is 5.75. The maximum absolute atomic E-state index is 6.34. The third-order valence-electron chi connectivity index (χ3n) is 10.1. The number of para-hydroxylation sites is 1. The highest BCUT2D eigenvalue weighted by atomic mass is 16.3. The molecule has 0 saturated heterocycles. The van der Waals surface area contributed by atoms with Gasteiger partial charge in [0.15, 0.2) is 5.82 Å². The summed E-state index contributed by atoms with van der Waals surface area (Å²) in [6.45, 7) is 0. The van der Waals surface area contributed by atoms with Gasteiger partial charge in [0.25, 0.3) is 0 Å². The molecule has 0 fully saturated rings. The van der Waals surface area contributed by atoms with E-state index in [4.69, 9.17) is 14.4 Å². The number of aromatic nitrogens is 2. The molecule has 0 radical (unpaired) electrons. The molecule has 0 N–H and O–H groups in total. The van der Waals surface area contributed by atoms with Gasteiger partial charge in [0.05, 0.1) is 11.4 Å². The maximum atomic E-state index is 6.34. The van der Waals surface area contributed by atoms with Gasteiger partial charge in [0.1, 0.15) is 11.2 Å². The minimum Gasteiger partial charge on any atom is -0.456 e. The molecule has 53 heavy (non-hydrogen) atoms. The topological polar surface area (TPSA) is 38.9 Å². The second-order valence-corrected chi connectivity index (χ2v) is 13.4. The molecular weight excluding hydrogens is 645 g/mol. The summed E-state index contributed by atoms with van der Waals surface area (Å²) >= 11 is 0. The van der Waals surface area contributed by atoms with Gasteiger partial charge in [-0.2, -0.15) is 0 Å². The normalized spacial score (nSPS) is 11.4. The predicted octanol–water partition coefficient (Wildman–Crippen LogP) is 13.5. The van der Waals surface area contributed by atoms with Gasteiger partial charge < -0.3 is 4.42 Å². The Hall–Kier alpha value is -7.10. The number of furan rings is 1. The molecule has 3 heteroatoms. The fourth-order valence-corrected chi connectivity index (χ4v) is 7.41. The number of fused-ring (bicyclic) bond motifs is 4. The molecule has 0 aliphatic rings. The van der Waals surface area contributed by atoms with Crippen molar-refractivity contribution < 1.29 is 4.42 Å². The lowest BCUT2D eigenvalue weighted by Crippen LogP contribution is -1.96. The smallest absolute Gasteiger partial charge is 0.160 e. The van der Waals surface area contributed by atoms with Gasteiger partial charge >= 0.3 is 0 Å². The Bertz CT molecular complexity index is 2870. The second-order valence-electron chi connectivity index (χ2n) is 13.4. The summed E-state index contributed by atoms with van der Waals surface area (Å²) in [4.78, 5) is 10.3. The Morgan fingerprint density at radius 3 is 1.70 bits per heavy atom. The highest BCUT2D eigenvalue weighted by molar-refractivity contribution is 6.12. The summed E-state index contributed by atoms with van der Waals surface area (Å²) in [5.74, 6) is 0.691. The van der Waals surface area contributed by atoms with Crippen LogP contribution in [0.3, 0.4) is 0 Å². The van der Waals surface area contributed by atoms with Crippen LogP contribution >= 0.6 is 0 Å². The number of nitrogens with zero attached hydrogens (tertiary/aromatic N) is 2. The van der Waals surface area contributed by atoms with Gasteiger partial charge in [-0.05, 0) is 86.6 Å². The number of hydrogen-bond donors (Lipinski definition) is 0. The zero-order valence-corrected chi connectivity index (χ0v) is 28.8. The van der Waals surface area contributed by atoms with E-state index in [1.165, 1.54) is 21.9 Å². The van der Waals surface area contributed by atoms with Crippen molar-refractivity contribution in [2.24, 2.45) is 0 Å². The van der Waals surface area contributed by atoms with E-state index in [0.29, 0.717) is 5.82 Å². The van der Waals surface area contributed by atoms with Gasteiger partial charge in [0, 0.05) is 27.5 Å². The average molecular weight is 677 g/mol. The van der Waals surface area contributed by atoms with Crippen LogP contribution in [0.1, 0.15) is 0 Å². The summed E-state index contributed by atoms with van der Waals surface area (Å²) in [6.07, 6.45) is 0. The lowest BCUT2D eigenvalue weighted by atomic mass is 9.92. The van der Waals surface area contributed by atoms with Crippen molar-refractivity contribution in [3.63, 3.8) is 0 Å². The van der Waals surface area contributed by atoms with E-state index >= 15 is 0 Å². The molecule has 0 saturated carbocycles. The first-order chi connectivity index (χ1) is 26.2. The Balaban J connectivity index is 1.17. The van der Waals surface area contributed by atoms with E-state index in [9.17, 15) is 0 Å². The minimum absolute atomic E-state index is 0.691. The third-order valence-corrected chi connectivity index (χ3v) is 10.1. The fourth-order valence-electron chi connectivity index (χ4n) is 7.41. The van der Waals surface area contributed by atoms with Crippen molar-refractivity contribution in [3.05, 3.63) is 194 Å². The van der Waals surface area contributed by atoms with Crippen LogP contribution in [-0.2, 0) is 0 Å². The van der Waals surface area contributed by atoms with Crippen molar-refractivity contribution in [3.8, 4) is 67.3 Å². The van der Waals surface area contributed by atoms with E-state index in [2.05, 4.69) is 158 Å². The van der Waals surface area contributed by atoms with Crippen LogP contribution in [0.2, 0.25) is 0 Å². The molecule has 10 rings (SSSR count). The van der Waals surface area contributed by atoms with Crippen LogP contribution in [0, 0.1) is 0 Å². The molecule has 0 aliphatic carbocycles. The Kier molecular flexibility index (Phi) is 7.47. The summed E-state index contributed by atoms with van der Waals surface area (Å²) in [5.41, 5.74) is 13.3. The fraction of sp³-hybridized carbons (Fsp3) is 0. The quantitative estimate of drug-likeness (QED) is 0.176. The predicted molar refractivity (Wildman–Crippen MR) is 219 cm³/mol. The highest BCUT2D eigenvalue weighted by Gasteiger charge is 2.17. The molecule has 2 aromatic heterocycles. The minimum atomic E-state index is 0.691. The van der Waals surface area contributed by atoms with Crippen LogP contribution in [0.4, 0.5) is 0 Å². The van der Waals surface area contributed by atoms with Crippen LogP contribution in [0.5, 0.6) is 0 Å². The molecule has 8 aromatic carbocycles. The molecule has 0 unspecified atom stereocenters. The van der Waals surface area contributed by atoms with Gasteiger partial charge in [0.2, 0.25) is 0 Å². The van der Waals surface area contributed by atoms with E-state index in [1.54, 1.807) is 0 Å². The van der Waals surface area contributed by atoms with Gasteiger partial charge in [-0.15, -0.1) is 0 Å². The zero-order chi connectivity index (χ0) is 35.1. The van der Waals surface area contributed by atoms with E-state index in [-0.39, 0.29) is 0 Å². The van der Waals surface area contributed by atoms with Crippen LogP contribution < -0.4 is 0 Å². The molecular formula is C50H32N2O. The van der Waals surface area contributed by atoms with Crippen LogP contribution in [-0.4, -0.2) is 9.97 Å². The molecule has 3 nitrogen and oxygen atoms in total. The molecule has 0 amide bonds. The Morgan fingerprint density at radius 2 is 0.906 bits per heavy atom. The van der Waals surface area contributed by atoms with Crippen molar-refractivity contribution in [2.45, 2.75) is 0 Å². The average Bonchev–Trinajstić information content (AvgIpc) is 3.63. The number of rotatable bonds is 6. The molecule has 10 aromatic rings. The largest absolute Gasteiger partial charge is 0.456 e. The zero-order valence-electron chi connectivity index (χ0n) is 28.8. The molecule has 0 atom stereocenters. The number of benzene rings is 8. The molecule has 2 heterocycles. The van der Waals surface area contributed by atoms with Crippen LogP contribution in [0.15, 0.2) is 199 Å². The summed E-state index contributed by atoms with van der Waals surface area (Å²) in [7, 11) is 0.